The lowest BCUT2D eigenvalue weighted by molar-refractivity contribution is -0.123. The molecule has 0 aliphatic rings. The second kappa shape index (κ2) is 7.73. The number of carbonyl (C=O) groups is 1. The first-order chi connectivity index (χ1) is 6.67. The molecule has 0 fully saturated rings. The molecule has 0 heterocycles. The van der Waals surface area contributed by atoms with Crippen LogP contribution in [0.3, 0.4) is 0 Å². The van der Waals surface area contributed by atoms with Gasteiger partial charge in [0.2, 0.25) is 5.91 Å². The number of ether oxygens (including phenoxy) is 1. The van der Waals surface area contributed by atoms with E-state index in [4.69, 9.17) is 15.6 Å². The van der Waals surface area contributed by atoms with Crippen LogP contribution in [0.4, 0.5) is 0 Å². The molecule has 1 atom stereocenters. The van der Waals surface area contributed by atoms with Gasteiger partial charge < -0.3 is 15.6 Å². The minimum absolute atomic E-state index is 0.0213. The molecule has 14 heavy (non-hydrogen) atoms. The number of carbonyl (C=O) groups excluding carboxylic acids is 1. The fourth-order valence-corrected chi connectivity index (χ4v) is 1.40. The van der Waals surface area contributed by atoms with Gasteiger partial charge in [-0.2, -0.15) is 0 Å². The van der Waals surface area contributed by atoms with Crippen molar-refractivity contribution in [3.05, 3.63) is 0 Å². The Morgan fingerprint density at radius 2 is 2.21 bits per heavy atom. The lowest BCUT2D eigenvalue weighted by Crippen LogP contribution is -2.46. The summed E-state index contributed by atoms with van der Waals surface area (Å²) in [6, 6.07) is -0.308. The molecule has 1 unspecified atom stereocenters. The summed E-state index contributed by atoms with van der Waals surface area (Å²) in [4.78, 5) is 12.9. The molecule has 0 aromatic heterocycles. The summed E-state index contributed by atoms with van der Waals surface area (Å²) in [5, 5.41) is 8.83. The van der Waals surface area contributed by atoms with Crippen molar-refractivity contribution >= 4 is 5.91 Å². The summed E-state index contributed by atoms with van der Waals surface area (Å²) in [5.74, 6) is -0.350. The Morgan fingerprint density at radius 3 is 2.57 bits per heavy atom. The highest BCUT2D eigenvalue weighted by Crippen LogP contribution is 2.02. The van der Waals surface area contributed by atoms with Gasteiger partial charge >= 0.3 is 0 Å². The van der Waals surface area contributed by atoms with E-state index in [2.05, 4.69) is 0 Å². The van der Waals surface area contributed by atoms with E-state index in [1.807, 2.05) is 11.8 Å². The van der Waals surface area contributed by atoms with Gasteiger partial charge in [-0.05, 0) is 6.42 Å². The van der Waals surface area contributed by atoms with Crippen LogP contribution in [0.5, 0.6) is 0 Å². The van der Waals surface area contributed by atoms with Crippen LogP contribution in [-0.4, -0.2) is 55.4 Å². The molecule has 0 aromatic rings. The third kappa shape index (κ3) is 4.55. The molecule has 0 rings (SSSR count). The zero-order valence-corrected chi connectivity index (χ0v) is 8.90. The zero-order chi connectivity index (χ0) is 11.0. The van der Waals surface area contributed by atoms with Gasteiger partial charge in [-0.15, -0.1) is 0 Å². The van der Waals surface area contributed by atoms with Crippen LogP contribution in [0.1, 0.15) is 13.3 Å². The van der Waals surface area contributed by atoms with Crippen molar-refractivity contribution in [2.75, 3.05) is 33.4 Å². The lowest BCUT2D eigenvalue weighted by Gasteiger charge is -2.27. The van der Waals surface area contributed by atoms with Crippen LogP contribution in [0.15, 0.2) is 0 Å². The van der Waals surface area contributed by atoms with Gasteiger partial charge in [-0.25, -0.2) is 0 Å². The number of aliphatic hydroxyl groups excluding tert-OH is 1. The molecule has 0 radical (unpaired) electrons. The molecule has 0 aromatic carbocycles. The number of methoxy groups -OCH3 is 1. The fourth-order valence-electron chi connectivity index (χ4n) is 1.40. The SMILES string of the molecule is CCC(C(N)=O)N(CCO)CCOC. The van der Waals surface area contributed by atoms with Crippen molar-refractivity contribution in [2.45, 2.75) is 19.4 Å². The molecular weight excluding hydrogens is 184 g/mol. The quantitative estimate of drug-likeness (QED) is 0.542. The molecule has 5 nitrogen and oxygen atoms in total. The Labute approximate surface area is 84.8 Å². The summed E-state index contributed by atoms with van der Waals surface area (Å²) in [7, 11) is 1.60. The smallest absolute Gasteiger partial charge is 0.234 e. The highest BCUT2D eigenvalue weighted by atomic mass is 16.5. The van der Waals surface area contributed by atoms with Crippen LogP contribution < -0.4 is 5.73 Å². The zero-order valence-electron chi connectivity index (χ0n) is 8.90. The molecule has 84 valence electrons. The highest BCUT2D eigenvalue weighted by molar-refractivity contribution is 5.79. The van der Waals surface area contributed by atoms with Crippen molar-refractivity contribution in [2.24, 2.45) is 5.73 Å². The van der Waals surface area contributed by atoms with Crippen LogP contribution in [0.25, 0.3) is 0 Å². The van der Waals surface area contributed by atoms with Crippen LogP contribution in [0.2, 0.25) is 0 Å². The van der Waals surface area contributed by atoms with Gasteiger partial charge in [-0.3, -0.25) is 9.69 Å². The summed E-state index contributed by atoms with van der Waals surface area (Å²) < 4.78 is 4.92. The average Bonchev–Trinajstić information content (AvgIpc) is 2.14. The average molecular weight is 204 g/mol. The van der Waals surface area contributed by atoms with E-state index in [-0.39, 0.29) is 18.6 Å². The van der Waals surface area contributed by atoms with Crippen molar-refractivity contribution in [3.63, 3.8) is 0 Å². The number of hydrogen-bond donors (Lipinski definition) is 2. The van der Waals surface area contributed by atoms with Crippen LogP contribution in [0, 0.1) is 0 Å². The molecule has 0 aliphatic heterocycles. The fraction of sp³-hybridized carbons (Fsp3) is 0.889. The monoisotopic (exact) mass is 204 g/mol. The molecule has 0 bridgehead atoms. The molecule has 0 aliphatic carbocycles. The first-order valence-corrected chi connectivity index (χ1v) is 4.80. The van der Waals surface area contributed by atoms with Gasteiger partial charge in [0.15, 0.2) is 0 Å². The normalized spacial score (nSPS) is 13.1. The summed E-state index contributed by atoms with van der Waals surface area (Å²) in [5.41, 5.74) is 5.25. The second-order valence-electron chi connectivity index (χ2n) is 3.08. The Kier molecular flexibility index (Phi) is 7.37. The summed E-state index contributed by atoms with van der Waals surface area (Å²) in [6.45, 7) is 3.51. The van der Waals surface area contributed by atoms with Crippen molar-refractivity contribution in [1.29, 1.82) is 0 Å². The van der Waals surface area contributed by atoms with Crippen LogP contribution >= 0.6 is 0 Å². The third-order valence-corrected chi connectivity index (χ3v) is 2.13. The number of amides is 1. The first-order valence-electron chi connectivity index (χ1n) is 4.80. The van der Waals surface area contributed by atoms with Gasteiger partial charge in [-0.1, -0.05) is 6.92 Å². The molecule has 0 saturated heterocycles. The molecular formula is C9H20N2O3. The van der Waals surface area contributed by atoms with E-state index >= 15 is 0 Å². The predicted molar refractivity (Wildman–Crippen MR) is 53.8 cm³/mol. The number of hydrogen-bond acceptors (Lipinski definition) is 4. The van der Waals surface area contributed by atoms with E-state index in [0.717, 1.165) is 0 Å². The largest absolute Gasteiger partial charge is 0.395 e. The van der Waals surface area contributed by atoms with Gasteiger partial charge in [0.1, 0.15) is 0 Å². The number of primary amides is 1. The van der Waals surface area contributed by atoms with E-state index < -0.39 is 0 Å². The highest BCUT2D eigenvalue weighted by Gasteiger charge is 2.20. The number of aliphatic hydroxyl groups is 1. The maximum atomic E-state index is 11.1. The molecule has 0 saturated carbocycles. The van der Waals surface area contributed by atoms with Crippen molar-refractivity contribution < 1.29 is 14.6 Å². The number of rotatable bonds is 8. The third-order valence-electron chi connectivity index (χ3n) is 2.13. The minimum atomic E-state index is -0.350. The van der Waals surface area contributed by atoms with Crippen molar-refractivity contribution in [3.8, 4) is 0 Å². The van der Waals surface area contributed by atoms with Crippen molar-refractivity contribution in [1.82, 2.24) is 4.90 Å². The Hall–Kier alpha value is -0.650. The van der Waals surface area contributed by atoms with Gasteiger partial charge in [0, 0.05) is 20.2 Å². The first kappa shape index (κ1) is 13.4. The predicted octanol–water partition coefficient (Wildman–Crippen LogP) is -0.809. The van der Waals surface area contributed by atoms with E-state index in [9.17, 15) is 4.79 Å². The topological polar surface area (TPSA) is 75.8 Å². The molecule has 0 spiro atoms. The maximum Gasteiger partial charge on any atom is 0.234 e. The Balaban J connectivity index is 4.19. The second-order valence-corrected chi connectivity index (χ2v) is 3.08. The van der Waals surface area contributed by atoms with Gasteiger partial charge in [0.05, 0.1) is 19.3 Å². The minimum Gasteiger partial charge on any atom is -0.395 e. The Bertz CT molecular complexity index is 164. The van der Waals surface area contributed by atoms with Crippen LogP contribution in [-0.2, 0) is 9.53 Å². The summed E-state index contributed by atoms with van der Waals surface area (Å²) >= 11 is 0. The molecule has 5 heteroatoms. The van der Waals surface area contributed by atoms with E-state index in [0.29, 0.717) is 26.1 Å². The maximum absolute atomic E-state index is 11.1. The number of nitrogens with two attached hydrogens (primary N) is 1. The van der Waals surface area contributed by atoms with E-state index in [1.54, 1.807) is 7.11 Å². The lowest BCUT2D eigenvalue weighted by atomic mass is 10.2. The standard InChI is InChI=1S/C9H20N2O3/c1-3-8(9(10)13)11(4-6-12)5-7-14-2/h8,12H,3-7H2,1-2H3,(H2,10,13). The van der Waals surface area contributed by atoms with Gasteiger partial charge in [0.25, 0.3) is 0 Å². The summed E-state index contributed by atoms with van der Waals surface area (Å²) in [6.07, 6.45) is 0.652. The molecule has 3 N–H and O–H groups in total. The number of nitrogens with zero attached hydrogens (tertiary/aromatic N) is 1. The van der Waals surface area contributed by atoms with E-state index in [1.165, 1.54) is 0 Å². The Morgan fingerprint density at radius 1 is 1.57 bits per heavy atom. The molecule has 1 amide bonds.